The van der Waals surface area contributed by atoms with Crippen LogP contribution in [0, 0.1) is 0 Å². The van der Waals surface area contributed by atoms with Gasteiger partial charge in [0.1, 0.15) is 5.84 Å². The molecule has 1 aromatic rings. The minimum atomic E-state index is -4.77. The van der Waals surface area contributed by atoms with Gasteiger partial charge in [-0.05, 0) is 34.7 Å². The van der Waals surface area contributed by atoms with Crippen molar-refractivity contribution in [3.63, 3.8) is 0 Å². The van der Waals surface area contributed by atoms with E-state index in [2.05, 4.69) is 4.99 Å². The SMILES string of the molecule is O=C1N[C@](c2ccccc2)(C(F)(F)F)N=C2C=CC(I)=CN12. The number of carbonyl (C=O) groups excluding carboxylic acids is 1. The van der Waals surface area contributed by atoms with Crippen LogP contribution in [-0.2, 0) is 5.66 Å². The molecule has 0 fully saturated rings. The number of amidine groups is 1. The zero-order chi connectivity index (χ0) is 16.0. The van der Waals surface area contributed by atoms with Gasteiger partial charge in [-0.15, -0.1) is 0 Å². The Balaban J connectivity index is 2.20. The van der Waals surface area contributed by atoms with E-state index in [9.17, 15) is 18.0 Å². The van der Waals surface area contributed by atoms with Crippen LogP contribution in [0.3, 0.4) is 0 Å². The standard InChI is InChI=1S/C14H9F3IN3O/c15-14(16,17)13(9-4-2-1-3-5-9)19-11-7-6-10(18)8-21(11)12(22)20-13/h1-8H,(H,20,22)/t13-/m1/s1. The summed E-state index contributed by atoms with van der Waals surface area (Å²) in [5.74, 6) is -0.0506. The van der Waals surface area contributed by atoms with Gasteiger partial charge in [0.2, 0.25) is 0 Å². The third-order valence-corrected chi connectivity index (χ3v) is 3.92. The summed E-state index contributed by atoms with van der Waals surface area (Å²) in [4.78, 5) is 17.0. The maximum atomic E-state index is 13.7. The van der Waals surface area contributed by atoms with E-state index in [1.165, 1.54) is 36.5 Å². The molecule has 1 aromatic carbocycles. The van der Waals surface area contributed by atoms with Crippen LogP contribution in [0.15, 0.2) is 57.3 Å². The Morgan fingerprint density at radius 3 is 2.50 bits per heavy atom. The van der Waals surface area contributed by atoms with Crippen LogP contribution in [0.5, 0.6) is 0 Å². The zero-order valence-electron chi connectivity index (χ0n) is 10.9. The van der Waals surface area contributed by atoms with E-state index >= 15 is 0 Å². The van der Waals surface area contributed by atoms with Gasteiger partial charge < -0.3 is 5.32 Å². The molecule has 4 nitrogen and oxygen atoms in total. The molecule has 1 N–H and O–H groups in total. The fraction of sp³-hybridized carbons (Fsp3) is 0.143. The van der Waals surface area contributed by atoms with E-state index < -0.39 is 17.9 Å². The number of amides is 2. The third-order valence-electron chi connectivity index (χ3n) is 3.28. The Hall–Kier alpha value is -1.84. The first-order chi connectivity index (χ1) is 10.3. The van der Waals surface area contributed by atoms with Crippen molar-refractivity contribution >= 4 is 34.5 Å². The number of aliphatic imine (C=N–C) groups is 1. The van der Waals surface area contributed by atoms with Crippen molar-refractivity contribution in [1.82, 2.24) is 10.2 Å². The number of nitrogens with one attached hydrogen (secondary N) is 1. The number of alkyl halides is 3. The molecule has 0 bridgehead atoms. The van der Waals surface area contributed by atoms with Gasteiger partial charge in [0.05, 0.1) is 0 Å². The van der Waals surface area contributed by atoms with Crippen molar-refractivity contribution in [2.24, 2.45) is 4.99 Å². The summed E-state index contributed by atoms with van der Waals surface area (Å²) < 4.78 is 41.8. The summed E-state index contributed by atoms with van der Waals surface area (Å²) in [7, 11) is 0. The second-order valence-electron chi connectivity index (χ2n) is 4.69. The highest BCUT2D eigenvalue weighted by atomic mass is 127. The maximum Gasteiger partial charge on any atom is 0.436 e. The Labute approximate surface area is 137 Å². The maximum absolute atomic E-state index is 13.7. The van der Waals surface area contributed by atoms with Crippen LogP contribution in [-0.4, -0.2) is 22.9 Å². The Kier molecular flexibility index (Phi) is 3.50. The summed E-state index contributed by atoms with van der Waals surface area (Å²) in [5.41, 5.74) is -2.92. The van der Waals surface area contributed by atoms with Crippen molar-refractivity contribution in [1.29, 1.82) is 0 Å². The number of fused-ring (bicyclic) bond motifs is 1. The van der Waals surface area contributed by atoms with E-state index in [0.717, 1.165) is 4.90 Å². The molecule has 1 atom stereocenters. The van der Waals surface area contributed by atoms with Crippen molar-refractivity contribution in [3.8, 4) is 0 Å². The topological polar surface area (TPSA) is 44.7 Å². The van der Waals surface area contributed by atoms with Gasteiger partial charge in [-0.25, -0.2) is 9.79 Å². The smallest absolute Gasteiger partial charge is 0.301 e. The van der Waals surface area contributed by atoms with E-state index in [4.69, 9.17) is 0 Å². The summed E-state index contributed by atoms with van der Waals surface area (Å²) >= 11 is 1.97. The molecule has 0 radical (unpaired) electrons. The van der Waals surface area contributed by atoms with E-state index in [1.54, 1.807) is 12.1 Å². The van der Waals surface area contributed by atoms with Gasteiger partial charge in [0, 0.05) is 15.3 Å². The Morgan fingerprint density at radius 2 is 1.86 bits per heavy atom. The molecule has 2 heterocycles. The van der Waals surface area contributed by atoms with Crippen molar-refractivity contribution in [2.75, 3.05) is 0 Å². The van der Waals surface area contributed by atoms with Gasteiger partial charge in [0.25, 0.3) is 5.66 Å². The second-order valence-corrected chi connectivity index (χ2v) is 5.94. The van der Waals surface area contributed by atoms with Crippen molar-refractivity contribution in [3.05, 3.63) is 57.8 Å². The summed E-state index contributed by atoms with van der Waals surface area (Å²) in [6.07, 6.45) is -0.351. The molecular formula is C14H9F3IN3O. The molecule has 3 rings (SSSR count). The van der Waals surface area contributed by atoms with Crippen LogP contribution in [0.25, 0.3) is 0 Å². The quantitative estimate of drug-likeness (QED) is 0.694. The second kappa shape index (κ2) is 5.11. The molecule has 114 valence electrons. The molecule has 2 aliphatic heterocycles. The lowest BCUT2D eigenvalue weighted by Crippen LogP contribution is -2.62. The molecule has 0 spiro atoms. The molecular weight excluding hydrogens is 410 g/mol. The number of benzene rings is 1. The number of carbonyl (C=O) groups is 1. The normalized spacial score (nSPS) is 24.4. The number of rotatable bonds is 1. The lowest BCUT2D eigenvalue weighted by Gasteiger charge is -2.40. The fourth-order valence-electron chi connectivity index (χ4n) is 2.25. The molecule has 2 aliphatic rings. The first-order valence-electron chi connectivity index (χ1n) is 6.22. The number of urea groups is 1. The molecule has 0 saturated carbocycles. The number of hydrogen-bond acceptors (Lipinski definition) is 2. The average molecular weight is 419 g/mol. The van der Waals surface area contributed by atoms with Gasteiger partial charge in [-0.3, -0.25) is 4.90 Å². The van der Waals surface area contributed by atoms with Crippen LogP contribution < -0.4 is 5.32 Å². The number of nitrogens with zero attached hydrogens (tertiary/aromatic N) is 2. The Morgan fingerprint density at radius 1 is 1.18 bits per heavy atom. The first kappa shape index (κ1) is 15.1. The largest absolute Gasteiger partial charge is 0.436 e. The highest BCUT2D eigenvalue weighted by molar-refractivity contribution is 14.1. The van der Waals surface area contributed by atoms with Crippen molar-refractivity contribution in [2.45, 2.75) is 11.8 Å². The van der Waals surface area contributed by atoms with Gasteiger partial charge in [-0.2, -0.15) is 13.2 Å². The molecule has 0 aliphatic carbocycles. The fourth-order valence-corrected chi connectivity index (χ4v) is 2.71. The van der Waals surface area contributed by atoms with E-state index in [1.807, 2.05) is 27.9 Å². The lowest BCUT2D eigenvalue weighted by molar-refractivity contribution is -0.196. The van der Waals surface area contributed by atoms with Crippen LogP contribution in [0.4, 0.5) is 18.0 Å². The van der Waals surface area contributed by atoms with Gasteiger partial charge in [0.15, 0.2) is 0 Å². The highest BCUT2D eigenvalue weighted by Gasteiger charge is 2.60. The molecule has 8 heteroatoms. The van der Waals surface area contributed by atoms with Crippen LogP contribution in [0.2, 0.25) is 0 Å². The summed E-state index contributed by atoms with van der Waals surface area (Å²) in [6, 6.07) is 6.26. The van der Waals surface area contributed by atoms with Crippen LogP contribution in [0.1, 0.15) is 5.56 Å². The Bertz CT molecular complexity index is 712. The molecule has 2 amide bonds. The average Bonchev–Trinajstić information content (AvgIpc) is 2.47. The van der Waals surface area contributed by atoms with E-state index in [-0.39, 0.29) is 11.4 Å². The number of halogens is 4. The van der Waals surface area contributed by atoms with Crippen LogP contribution >= 0.6 is 22.6 Å². The van der Waals surface area contributed by atoms with Gasteiger partial charge in [-0.1, -0.05) is 30.3 Å². The minimum absolute atomic E-state index is 0.0506. The minimum Gasteiger partial charge on any atom is -0.301 e. The zero-order valence-corrected chi connectivity index (χ0v) is 13.1. The lowest BCUT2D eigenvalue weighted by atomic mass is 9.98. The highest BCUT2D eigenvalue weighted by Crippen LogP contribution is 2.42. The number of hydrogen-bond donors (Lipinski definition) is 1. The molecule has 22 heavy (non-hydrogen) atoms. The number of allylic oxidation sites excluding steroid dienone is 2. The molecule has 0 aromatic heterocycles. The third kappa shape index (κ3) is 2.31. The van der Waals surface area contributed by atoms with E-state index in [0.29, 0.717) is 3.58 Å². The van der Waals surface area contributed by atoms with Crippen molar-refractivity contribution < 1.29 is 18.0 Å². The summed E-state index contributed by atoms with van der Waals surface area (Å²) in [6.45, 7) is 0. The molecule has 0 saturated heterocycles. The molecule has 0 unspecified atom stereocenters. The monoisotopic (exact) mass is 419 g/mol. The predicted molar refractivity (Wildman–Crippen MR) is 83.2 cm³/mol. The van der Waals surface area contributed by atoms with Gasteiger partial charge >= 0.3 is 12.2 Å². The first-order valence-corrected chi connectivity index (χ1v) is 7.30. The summed E-state index contributed by atoms with van der Waals surface area (Å²) in [5, 5.41) is 2.00. The predicted octanol–water partition coefficient (Wildman–Crippen LogP) is 3.67.